The Morgan fingerprint density at radius 2 is 1.69 bits per heavy atom. The van der Waals surface area contributed by atoms with E-state index in [0.717, 1.165) is 9.13 Å². The number of rotatable bonds is 9. The number of nitrogen functional groups attached to an aromatic ring is 1. The summed E-state index contributed by atoms with van der Waals surface area (Å²) in [6, 6.07) is 14.4. The van der Waals surface area contributed by atoms with Crippen LogP contribution in [0.25, 0.3) is 0 Å². The number of aryl methyl sites for hydroxylation is 1. The number of benzene rings is 2. The number of aliphatic imine (C=N–C) groups is 1. The molecule has 190 valence electrons. The van der Waals surface area contributed by atoms with Gasteiger partial charge < -0.3 is 16.8 Å². The molecule has 3 aromatic rings. The molecule has 13 heteroatoms. The number of nitrogens with one attached hydrogen (secondary N) is 2. The number of halogens is 5. The molecule has 0 atom stereocenters. The van der Waals surface area contributed by atoms with E-state index in [2.05, 4.69) is 48.2 Å². The van der Waals surface area contributed by atoms with Gasteiger partial charge in [-0.3, -0.25) is 10.1 Å². The summed E-state index contributed by atoms with van der Waals surface area (Å²) >= 11 is 14.1. The van der Waals surface area contributed by atoms with Crippen LogP contribution in [0.15, 0.2) is 53.5 Å². The second-order valence-electron chi connectivity index (χ2n) is 7.71. The minimum atomic E-state index is -3.14. The Labute approximate surface area is 230 Å². The molecule has 0 bridgehead atoms. The molecule has 0 aliphatic carbocycles. The summed E-state index contributed by atoms with van der Waals surface area (Å²) in [5.74, 6) is -4.56. The number of carbonyl (C=O) groups is 1. The van der Waals surface area contributed by atoms with Gasteiger partial charge in [-0.2, -0.15) is 0 Å². The van der Waals surface area contributed by atoms with Gasteiger partial charge in [0.1, 0.15) is 6.54 Å². The van der Waals surface area contributed by atoms with Crippen LogP contribution in [-0.4, -0.2) is 34.3 Å². The molecular formula is C23H22Cl2F2IN7O. The molecule has 8 nitrogen and oxygen atoms in total. The van der Waals surface area contributed by atoms with Crippen LogP contribution in [0.3, 0.4) is 0 Å². The van der Waals surface area contributed by atoms with E-state index in [-0.39, 0.29) is 28.9 Å². The van der Waals surface area contributed by atoms with E-state index >= 15 is 0 Å². The minimum Gasteiger partial charge on any atom is -0.382 e. The molecule has 1 amide bonds. The zero-order valence-corrected chi connectivity index (χ0v) is 22.4. The second-order valence-corrected chi connectivity index (χ2v) is 9.75. The Kier molecular flexibility index (Phi) is 9.63. The number of carbonyl (C=O) groups excluding carboxylic acids is 1. The molecule has 0 fully saturated rings. The van der Waals surface area contributed by atoms with Gasteiger partial charge in [0.05, 0.1) is 0 Å². The second kappa shape index (κ2) is 12.5. The number of alkyl halides is 2. The van der Waals surface area contributed by atoms with Crippen LogP contribution in [0, 0.1) is 3.57 Å². The first-order valence-corrected chi connectivity index (χ1v) is 12.4. The predicted molar refractivity (Wildman–Crippen MR) is 147 cm³/mol. The van der Waals surface area contributed by atoms with Crippen LogP contribution in [0.4, 0.5) is 20.4 Å². The molecule has 1 heterocycles. The number of hydrogen-bond donors (Lipinski definition) is 4. The number of hydrogen-bond acceptors (Lipinski definition) is 6. The molecule has 0 saturated carbocycles. The first-order valence-electron chi connectivity index (χ1n) is 10.6. The molecule has 0 spiro atoms. The van der Waals surface area contributed by atoms with Crippen LogP contribution in [0.2, 0.25) is 10.2 Å². The molecular weight excluding hydrogens is 626 g/mol. The Hall–Kier alpha value is -2.77. The highest BCUT2D eigenvalue weighted by atomic mass is 127. The van der Waals surface area contributed by atoms with Gasteiger partial charge in [0.2, 0.25) is 0 Å². The van der Waals surface area contributed by atoms with Gasteiger partial charge >= 0.3 is 0 Å². The number of anilines is 2. The summed E-state index contributed by atoms with van der Waals surface area (Å²) in [6.45, 7) is -0.502. The van der Waals surface area contributed by atoms with Crippen LogP contribution >= 0.6 is 45.8 Å². The smallest absolute Gasteiger partial charge is 0.280 e. The fraction of sp³-hybridized carbons (Fsp3) is 0.217. The highest BCUT2D eigenvalue weighted by Gasteiger charge is 2.28. The third-order valence-corrected chi connectivity index (χ3v) is 6.12. The lowest BCUT2D eigenvalue weighted by Gasteiger charge is -2.14. The zero-order chi connectivity index (χ0) is 26.3. The van der Waals surface area contributed by atoms with Crippen molar-refractivity contribution in [3.05, 3.63) is 79.1 Å². The fourth-order valence-corrected chi connectivity index (χ4v) is 3.65. The van der Waals surface area contributed by atoms with Crippen molar-refractivity contribution < 1.29 is 13.6 Å². The standard InChI is InChI=1S/C23H22Cl2F2IN7O/c24-15-5-1-13(2-6-15)9-10-23(26,27)12-32-22(30)35-21(36)17-19(29)34-20(18(25)33-17)31-11-14-3-7-16(28)8-4-14/h1-8H,9-12H2,(H3,29,31,34)(H3,30,32,35,36). The molecule has 0 aliphatic rings. The van der Waals surface area contributed by atoms with Crippen molar-refractivity contribution in [2.24, 2.45) is 10.7 Å². The van der Waals surface area contributed by atoms with E-state index in [1.807, 2.05) is 24.3 Å². The lowest BCUT2D eigenvalue weighted by Crippen LogP contribution is -2.39. The van der Waals surface area contributed by atoms with E-state index < -0.39 is 30.8 Å². The Morgan fingerprint density at radius 3 is 2.36 bits per heavy atom. The summed E-state index contributed by atoms with van der Waals surface area (Å²) in [5.41, 5.74) is 12.9. The Morgan fingerprint density at radius 1 is 1.06 bits per heavy atom. The summed E-state index contributed by atoms with van der Waals surface area (Å²) in [5, 5.41) is 5.61. The third-order valence-electron chi connectivity index (χ3n) is 4.88. The SMILES string of the molecule is NC(=NCC(F)(F)CCc1ccc(Cl)cc1)NC(=O)c1nc(Cl)c(NCc2ccc(I)cc2)nc1N. The maximum atomic E-state index is 14.2. The van der Waals surface area contributed by atoms with Crippen molar-refractivity contribution in [2.75, 3.05) is 17.6 Å². The summed E-state index contributed by atoms with van der Waals surface area (Å²) in [4.78, 5) is 24.1. The van der Waals surface area contributed by atoms with Crippen molar-refractivity contribution in [3.8, 4) is 0 Å². The number of aromatic nitrogens is 2. The summed E-state index contributed by atoms with van der Waals surface area (Å²) < 4.78 is 29.5. The quantitative estimate of drug-likeness (QED) is 0.149. The average Bonchev–Trinajstić information content (AvgIpc) is 2.84. The van der Waals surface area contributed by atoms with E-state index in [0.29, 0.717) is 17.1 Å². The normalized spacial score (nSPS) is 11.9. The molecule has 36 heavy (non-hydrogen) atoms. The van der Waals surface area contributed by atoms with E-state index in [1.165, 1.54) is 0 Å². The Bertz CT molecular complexity index is 1240. The number of guanidine groups is 1. The van der Waals surface area contributed by atoms with Crippen molar-refractivity contribution in [2.45, 2.75) is 25.3 Å². The molecule has 2 aromatic carbocycles. The third kappa shape index (κ3) is 8.42. The topological polar surface area (TPSA) is 131 Å². The van der Waals surface area contributed by atoms with E-state index in [4.69, 9.17) is 34.7 Å². The first-order chi connectivity index (χ1) is 17.0. The van der Waals surface area contributed by atoms with Crippen molar-refractivity contribution in [1.82, 2.24) is 15.3 Å². The van der Waals surface area contributed by atoms with Gasteiger partial charge in [-0.15, -0.1) is 0 Å². The van der Waals surface area contributed by atoms with Gasteiger partial charge in [-0.05, 0) is 64.4 Å². The monoisotopic (exact) mass is 647 g/mol. The van der Waals surface area contributed by atoms with Crippen LogP contribution in [0.1, 0.15) is 28.0 Å². The van der Waals surface area contributed by atoms with E-state index in [9.17, 15) is 13.6 Å². The molecule has 0 radical (unpaired) electrons. The highest BCUT2D eigenvalue weighted by Crippen LogP contribution is 2.23. The summed E-state index contributed by atoms with van der Waals surface area (Å²) in [6.07, 6.45) is -0.329. The number of nitrogens with two attached hydrogens (primary N) is 2. The maximum Gasteiger partial charge on any atom is 0.280 e. The van der Waals surface area contributed by atoms with Crippen LogP contribution < -0.4 is 22.1 Å². The lowest BCUT2D eigenvalue weighted by atomic mass is 10.1. The largest absolute Gasteiger partial charge is 0.382 e. The molecule has 0 unspecified atom stereocenters. The number of nitrogens with zero attached hydrogens (tertiary/aromatic N) is 3. The van der Waals surface area contributed by atoms with Crippen molar-refractivity contribution >= 4 is 69.3 Å². The van der Waals surface area contributed by atoms with Crippen molar-refractivity contribution in [1.29, 1.82) is 0 Å². The zero-order valence-electron chi connectivity index (χ0n) is 18.7. The average molecular weight is 648 g/mol. The van der Waals surface area contributed by atoms with Crippen molar-refractivity contribution in [3.63, 3.8) is 0 Å². The molecule has 0 saturated heterocycles. The van der Waals surface area contributed by atoms with Gasteiger partial charge in [0.15, 0.2) is 28.4 Å². The molecule has 1 aromatic heterocycles. The molecule has 6 N–H and O–H groups in total. The Balaban J connectivity index is 1.56. The molecule has 0 aliphatic heterocycles. The summed E-state index contributed by atoms with van der Waals surface area (Å²) in [7, 11) is 0. The van der Waals surface area contributed by atoms with Gasteiger partial charge in [0.25, 0.3) is 11.8 Å². The van der Waals surface area contributed by atoms with Crippen LogP contribution in [0.5, 0.6) is 0 Å². The fourth-order valence-electron chi connectivity index (χ4n) is 2.97. The first kappa shape index (κ1) is 27.8. The van der Waals surface area contributed by atoms with Gasteiger partial charge in [-0.25, -0.2) is 23.7 Å². The van der Waals surface area contributed by atoms with Crippen LogP contribution in [-0.2, 0) is 13.0 Å². The lowest BCUT2D eigenvalue weighted by molar-refractivity contribution is 0.00291. The van der Waals surface area contributed by atoms with Gasteiger partial charge in [-0.1, -0.05) is 47.5 Å². The van der Waals surface area contributed by atoms with E-state index in [1.54, 1.807) is 24.3 Å². The maximum absolute atomic E-state index is 14.2. The minimum absolute atomic E-state index is 0.0934. The number of amides is 1. The highest BCUT2D eigenvalue weighted by molar-refractivity contribution is 14.1. The van der Waals surface area contributed by atoms with Gasteiger partial charge in [0, 0.05) is 21.6 Å². The predicted octanol–water partition coefficient (Wildman–Crippen LogP) is 4.89. The molecule has 3 rings (SSSR count).